The third-order valence-corrected chi connectivity index (χ3v) is 1.95. The summed E-state index contributed by atoms with van der Waals surface area (Å²) in [6.07, 6.45) is 1.22. The van der Waals surface area contributed by atoms with E-state index in [4.69, 9.17) is 14.3 Å². The molecule has 5 nitrogen and oxygen atoms in total. The first-order chi connectivity index (χ1) is 7.22. The largest absolute Gasteiger partial charge is 0.494 e. The first kappa shape index (κ1) is 9.51. The van der Waals surface area contributed by atoms with Crippen molar-refractivity contribution >= 4 is 17.1 Å². The van der Waals surface area contributed by atoms with Crippen LogP contribution in [0.2, 0.25) is 0 Å². The highest BCUT2D eigenvalue weighted by Gasteiger charge is 2.14. The summed E-state index contributed by atoms with van der Waals surface area (Å²) in [6.45, 7) is 2.30. The number of hydrogen-bond acceptors (Lipinski definition) is 4. The Hall–Kier alpha value is -2.04. The number of ether oxygens (including phenoxy) is 1. The van der Waals surface area contributed by atoms with Gasteiger partial charge in [-0.3, -0.25) is 0 Å². The summed E-state index contributed by atoms with van der Waals surface area (Å²) in [5, 5.41) is 8.96. The minimum absolute atomic E-state index is 0.0877. The zero-order valence-electron chi connectivity index (χ0n) is 8.06. The topological polar surface area (TPSA) is 72.6 Å². The molecule has 0 aliphatic carbocycles. The molecule has 0 radical (unpaired) electrons. The fourth-order valence-corrected chi connectivity index (χ4v) is 1.35. The van der Waals surface area contributed by atoms with Crippen LogP contribution in [0.5, 0.6) is 5.75 Å². The Morgan fingerprint density at radius 1 is 1.60 bits per heavy atom. The number of nitrogens with zero attached hydrogens (tertiary/aromatic N) is 1. The maximum absolute atomic E-state index is 10.9. The van der Waals surface area contributed by atoms with Crippen LogP contribution in [0.3, 0.4) is 0 Å². The van der Waals surface area contributed by atoms with Crippen molar-refractivity contribution in [1.82, 2.24) is 4.98 Å². The lowest BCUT2D eigenvalue weighted by molar-refractivity contribution is 0.0698. The summed E-state index contributed by atoms with van der Waals surface area (Å²) in [7, 11) is 0. The van der Waals surface area contributed by atoms with Crippen LogP contribution in [0.1, 0.15) is 17.3 Å². The van der Waals surface area contributed by atoms with Crippen molar-refractivity contribution in [2.75, 3.05) is 6.61 Å². The van der Waals surface area contributed by atoms with E-state index in [2.05, 4.69) is 4.98 Å². The number of benzene rings is 1. The second kappa shape index (κ2) is 3.61. The van der Waals surface area contributed by atoms with Crippen molar-refractivity contribution in [2.45, 2.75) is 6.92 Å². The third kappa shape index (κ3) is 1.63. The first-order valence-corrected chi connectivity index (χ1v) is 4.45. The normalized spacial score (nSPS) is 10.5. The lowest BCUT2D eigenvalue weighted by Gasteiger charge is -2.03. The number of carboxylic acids is 1. The second-order valence-corrected chi connectivity index (χ2v) is 2.91. The van der Waals surface area contributed by atoms with Crippen molar-refractivity contribution in [1.29, 1.82) is 0 Å². The monoisotopic (exact) mass is 207 g/mol. The van der Waals surface area contributed by atoms with Gasteiger partial charge in [-0.15, -0.1) is 0 Å². The molecule has 5 heteroatoms. The van der Waals surface area contributed by atoms with Crippen LogP contribution in [0.15, 0.2) is 22.9 Å². The van der Waals surface area contributed by atoms with Crippen LogP contribution in [0.4, 0.5) is 0 Å². The van der Waals surface area contributed by atoms with Gasteiger partial charge in [-0.2, -0.15) is 0 Å². The SMILES string of the molecule is CCOc1cc(C(=O)O)c2ncoc2c1. The Morgan fingerprint density at radius 2 is 2.40 bits per heavy atom. The Morgan fingerprint density at radius 3 is 3.07 bits per heavy atom. The molecular formula is C10H9NO4. The molecule has 0 saturated carbocycles. The van der Waals surface area contributed by atoms with Gasteiger partial charge in [0.2, 0.25) is 0 Å². The molecule has 1 aromatic carbocycles. The standard InChI is InChI=1S/C10H9NO4/c1-2-14-6-3-7(10(12)13)9-8(4-6)15-5-11-9/h3-5H,2H2,1H3,(H,12,13). The van der Waals surface area contributed by atoms with E-state index in [-0.39, 0.29) is 5.56 Å². The minimum Gasteiger partial charge on any atom is -0.494 e. The second-order valence-electron chi connectivity index (χ2n) is 2.91. The summed E-state index contributed by atoms with van der Waals surface area (Å²) in [5.41, 5.74) is 0.842. The van der Waals surface area contributed by atoms with E-state index in [0.717, 1.165) is 0 Å². The highest BCUT2D eigenvalue weighted by atomic mass is 16.5. The molecule has 0 fully saturated rings. The molecule has 0 aliphatic rings. The number of fused-ring (bicyclic) bond motifs is 1. The van der Waals surface area contributed by atoms with Gasteiger partial charge in [0.05, 0.1) is 12.2 Å². The Balaban J connectivity index is 2.63. The van der Waals surface area contributed by atoms with Gasteiger partial charge in [0.15, 0.2) is 12.0 Å². The maximum atomic E-state index is 10.9. The van der Waals surface area contributed by atoms with Gasteiger partial charge in [0.1, 0.15) is 11.3 Å². The highest BCUT2D eigenvalue weighted by molar-refractivity contribution is 6.01. The lowest BCUT2D eigenvalue weighted by Crippen LogP contribution is -1.99. The van der Waals surface area contributed by atoms with Crippen LogP contribution < -0.4 is 4.74 Å². The first-order valence-electron chi connectivity index (χ1n) is 4.45. The van der Waals surface area contributed by atoms with Gasteiger partial charge >= 0.3 is 5.97 Å². The number of rotatable bonds is 3. The van der Waals surface area contributed by atoms with Gasteiger partial charge in [-0.1, -0.05) is 0 Å². The molecule has 0 bridgehead atoms. The summed E-state index contributed by atoms with van der Waals surface area (Å²) in [5.74, 6) is -0.574. The van der Waals surface area contributed by atoms with Gasteiger partial charge in [0.25, 0.3) is 0 Å². The maximum Gasteiger partial charge on any atom is 0.338 e. The zero-order chi connectivity index (χ0) is 10.8. The molecular weight excluding hydrogens is 198 g/mol. The number of aromatic carboxylic acids is 1. The average Bonchev–Trinajstić information content (AvgIpc) is 2.64. The van der Waals surface area contributed by atoms with Gasteiger partial charge < -0.3 is 14.3 Å². The quantitative estimate of drug-likeness (QED) is 0.832. The van der Waals surface area contributed by atoms with E-state index < -0.39 is 5.97 Å². The van der Waals surface area contributed by atoms with E-state index in [1.54, 1.807) is 6.07 Å². The molecule has 0 spiro atoms. The molecule has 78 valence electrons. The highest BCUT2D eigenvalue weighted by Crippen LogP contribution is 2.24. The van der Waals surface area contributed by atoms with Crippen LogP contribution in [-0.4, -0.2) is 22.7 Å². The molecule has 1 N–H and O–H groups in total. The molecule has 2 rings (SSSR count). The number of aromatic nitrogens is 1. The van der Waals surface area contributed by atoms with Crippen molar-refractivity contribution in [3.63, 3.8) is 0 Å². The van der Waals surface area contributed by atoms with Crippen molar-refractivity contribution in [3.05, 3.63) is 24.1 Å². The Labute approximate surface area is 85.3 Å². The predicted octanol–water partition coefficient (Wildman–Crippen LogP) is 1.92. The zero-order valence-corrected chi connectivity index (χ0v) is 8.06. The van der Waals surface area contributed by atoms with Crippen LogP contribution >= 0.6 is 0 Å². The van der Waals surface area contributed by atoms with Crippen molar-refractivity contribution in [3.8, 4) is 5.75 Å². The molecule has 1 heterocycles. The minimum atomic E-state index is -1.05. The molecule has 1 aromatic heterocycles. The van der Waals surface area contributed by atoms with E-state index in [0.29, 0.717) is 23.5 Å². The summed E-state index contributed by atoms with van der Waals surface area (Å²) >= 11 is 0. The van der Waals surface area contributed by atoms with E-state index >= 15 is 0 Å². The predicted molar refractivity (Wildman–Crippen MR) is 52.1 cm³/mol. The molecule has 0 aliphatic heterocycles. The summed E-state index contributed by atoms with van der Waals surface area (Å²) in [4.78, 5) is 14.8. The van der Waals surface area contributed by atoms with Crippen LogP contribution in [-0.2, 0) is 0 Å². The van der Waals surface area contributed by atoms with Gasteiger partial charge in [-0.05, 0) is 13.0 Å². The number of carbonyl (C=O) groups is 1. The van der Waals surface area contributed by atoms with Crippen LogP contribution in [0.25, 0.3) is 11.1 Å². The molecule has 0 saturated heterocycles. The van der Waals surface area contributed by atoms with E-state index in [1.807, 2.05) is 6.92 Å². The average molecular weight is 207 g/mol. The smallest absolute Gasteiger partial charge is 0.338 e. The van der Waals surface area contributed by atoms with E-state index in [1.165, 1.54) is 12.5 Å². The fourth-order valence-electron chi connectivity index (χ4n) is 1.35. The lowest BCUT2D eigenvalue weighted by atomic mass is 10.2. The molecule has 15 heavy (non-hydrogen) atoms. The summed E-state index contributed by atoms with van der Waals surface area (Å²) in [6, 6.07) is 3.06. The van der Waals surface area contributed by atoms with Gasteiger partial charge in [0, 0.05) is 6.07 Å². The molecule has 0 atom stereocenters. The van der Waals surface area contributed by atoms with Crippen LogP contribution in [0, 0.1) is 0 Å². The van der Waals surface area contributed by atoms with Crippen molar-refractivity contribution < 1.29 is 19.1 Å². The fraction of sp³-hybridized carbons (Fsp3) is 0.200. The van der Waals surface area contributed by atoms with E-state index in [9.17, 15) is 4.79 Å². The van der Waals surface area contributed by atoms with Gasteiger partial charge in [-0.25, -0.2) is 9.78 Å². The Kier molecular flexibility index (Phi) is 2.29. The molecule has 0 unspecified atom stereocenters. The third-order valence-electron chi connectivity index (χ3n) is 1.95. The molecule has 2 aromatic rings. The van der Waals surface area contributed by atoms with Crippen molar-refractivity contribution in [2.24, 2.45) is 0 Å². The Bertz CT molecular complexity index is 503. The molecule has 0 amide bonds. The summed E-state index contributed by atoms with van der Waals surface area (Å²) < 4.78 is 10.3. The number of oxazole rings is 1. The number of carboxylic acid groups (broad SMARTS) is 1. The number of hydrogen-bond donors (Lipinski definition) is 1.